The van der Waals surface area contributed by atoms with Gasteiger partial charge in [0.15, 0.2) is 23.9 Å². The second-order valence-electron chi connectivity index (χ2n) is 5.00. The van der Waals surface area contributed by atoms with Crippen molar-refractivity contribution in [2.45, 2.75) is 0 Å². The van der Waals surface area contributed by atoms with Crippen molar-refractivity contribution in [1.29, 1.82) is 0 Å². The molecule has 0 heterocycles. The molecule has 0 saturated heterocycles. The number of hydrogen-bond acceptors (Lipinski definition) is 7. The maximum atomic E-state index is 12.1. The van der Waals surface area contributed by atoms with Crippen LogP contribution in [-0.4, -0.2) is 37.5 Å². The molecule has 0 unspecified atom stereocenters. The first-order valence-corrected chi connectivity index (χ1v) is 7.61. The zero-order chi connectivity index (χ0) is 19.3. The lowest BCUT2D eigenvalue weighted by Crippen LogP contribution is -2.14. The Kier molecular flexibility index (Phi) is 6.13. The first kappa shape index (κ1) is 19.2. The minimum atomic E-state index is -0.775. The Morgan fingerprint density at radius 1 is 1.08 bits per heavy atom. The highest BCUT2D eigenvalue weighted by Gasteiger charge is 2.18. The molecule has 2 aromatic carbocycles. The van der Waals surface area contributed by atoms with E-state index in [4.69, 9.17) is 25.8 Å². The number of Topliss-reactive ketones (excluding diaryl/α,β-unsaturated/α-hetero) is 1. The molecule has 0 atom stereocenters. The van der Waals surface area contributed by atoms with Crippen molar-refractivity contribution in [2.24, 2.45) is 0 Å². The minimum Gasteiger partial charge on any atom is -0.493 e. The summed E-state index contributed by atoms with van der Waals surface area (Å²) in [5, 5.41) is 10.8. The van der Waals surface area contributed by atoms with Crippen molar-refractivity contribution >= 4 is 29.0 Å². The van der Waals surface area contributed by atoms with E-state index in [1.54, 1.807) is 0 Å². The van der Waals surface area contributed by atoms with E-state index in [0.717, 1.165) is 0 Å². The summed E-state index contributed by atoms with van der Waals surface area (Å²) in [7, 11) is 2.80. The van der Waals surface area contributed by atoms with Gasteiger partial charge in [0.2, 0.25) is 0 Å². The molecule has 0 aromatic heterocycles. The number of ether oxygens (including phenoxy) is 3. The van der Waals surface area contributed by atoms with Crippen molar-refractivity contribution in [2.75, 3.05) is 20.8 Å². The number of nitro benzene ring substituents is 1. The lowest BCUT2D eigenvalue weighted by atomic mass is 10.1. The smallest absolute Gasteiger partial charge is 0.338 e. The molecule has 2 rings (SSSR count). The normalized spacial score (nSPS) is 10.1. The fraction of sp³-hybridized carbons (Fsp3) is 0.176. The van der Waals surface area contributed by atoms with Gasteiger partial charge in [-0.25, -0.2) is 4.79 Å². The van der Waals surface area contributed by atoms with Gasteiger partial charge in [-0.3, -0.25) is 14.9 Å². The van der Waals surface area contributed by atoms with Crippen molar-refractivity contribution < 1.29 is 28.7 Å². The third kappa shape index (κ3) is 4.28. The second kappa shape index (κ2) is 8.30. The summed E-state index contributed by atoms with van der Waals surface area (Å²) >= 11 is 6.02. The Labute approximate surface area is 153 Å². The lowest BCUT2D eigenvalue weighted by Gasteiger charge is -2.11. The number of rotatable bonds is 7. The predicted molar refractivity (Wildman–Crippen MR) is 92.3 cm³/mol. The molecule has 0 aliphatic rings. The van der Waals surface area contributed by atoms with Crippen molar-refractivity contribution in [3.63, 3.8) is 0 Å². The number of carbonyl (C=O) groups is 2. The first-order valence-electron chi connectivity index (χ1n) is 7.23. The molecule has 0 spiro atoms. The molecule has 0 aliphatic carbocycles. The van der Waals surface area contributed by atoms with Gasteiger partial charge in [0.25, 0.3) is 5.69 Å². The Bertz CT molecular complexity index is 849. The van der Waals surface area contributed by atoms with Gasteiger partial charge in [-0.1, -0.05) is 11.6 Å². The highest BCUT2D eigenvalue weighted by Crippen LogP contribution is 2.36. The van der Waals surface area contributed by atoms with Gasteiger partial charge in [0, 0.05) is 17.7 Å². The summed E-state index contributed by atoms with van der Waals surface area (Å²) in [5.41, 5.74) is 0.136. The predicted octanol–water partition coefficient (Wildman–Crippen LogP) is 3.31. The summed E-state index contributed by atoms with van der Waals surface area (Å²) in [6.45, 7) is -0.525. The number of carbonyl (C=O) groups excluding carboxylic acids is 2. The van der Waals surface area contributed by atoms with Crippen LogP contribution in [0.3, 0.4) is 0 Å². The van der Waals surface area contributed by atoms with Crippen LogP contribution < -0.4 is 9.47 Å². The number of methoxy groups -OCH3 is 2. The summed E-state index contributed by atoms with van der Waals surface area (Å²) in [6.07, 6.45) is 0. The van der Waals surface area contributed by atoms with Crippen molar-refractivity contribution in [1.82, 2.24) is 0 Å². The molecular weight excluding hydrogens is 366 g/mol. The number of non-ortho nitro benzene ring substituents is 1. The highest BCUT2D eigenvalue weighted by molar-refractivity contribution is 6.32. The number of nitrogens with zero attached hydrogens (tertiary/aromatic N) is 1. The van der Waals surface area contributed by atoms with E-state index in [9.17, 15) is 19.7 Å². The van der Waals surface area contributed by atoms with E-state index in [2.05, 4.69) is 0 Å². The van der Waals surface area contributed by atoms with E-state index < -0.39 is 23.3 Å². The van der Waals surface area contributed by atoms with E-state index in [1.807, 2.05) is 0 Å². The molecule has 0 radical (unpaired) electrons. The van der Waals surface area contributed by atoms with Crippen LogP contribution in [0.4, 0.5) is 5.69 Å². The number of halogens is 1. The van der Waals surface area contributed by atoms with Gasteiger partial charge in [-0.05, 0) is 24.3 Å². The summed E-state index contributed by atoms with van der Waals surface area (Å²) in [6, 6.07) is 7.69. The number of nitro groups is 1. The van der Waals surface area contributed by atoms with Crippen molar-refractivity contribution in [3.05, 3.63) is 62.7 Å². The molecule has 0 saturated carbocycles. The van der Waals surface area contributed by atoms with Gasteiger partial charge in [0.1, 0.15) is 0 Å². The quantitative estimate of drug-likeness (QED) is 0.314. The number of benzene rings is 2. The molecule has 26 heavy (non-hydrogen) atoms. The van der Waals surface area contributed by atoms with Crippen LogP contribution in [0, 0.1) is 10.1 Å². The molecule has 0 amide bonds. The SMILES string of the molecule is COc1cc(C(=O)OCC(=O)c2ccc([N+](=O)[O-])cc2)cc(Cl)c1OC. The van der Waals surface area contributed by atoms with Gasteiger partial charge in [0.05, 0.1) is 29.7 Å². The molecule has 9 heteroatoms. The van der Waals surface area contributed by atoms with Crippen LogP contribution in [0.2, 0.25) is 5.02 Å². The molecule has 0 bridgehead atoms. The van der Waals surface area contributed by atoms with Gasteiger partial charge in [-0.15, -0.1) is 0 Å². The highest BCUT2D eigenvalue weighted by atomic mass is 35.5. The van der Waals surface area contributed by atoms with Gasteiger partial charge >= 0.3 is 5.97 Å². The molecule has 8 nitrogen and oxygen atoms in total. The average Bonchev–Trinajstić information content (AvgIpc) is 2.64. The number of hydrogen-bond donors (Lipinski definition) is 0. The van der Waals surface area contributed by atoms with Gasteiger partial charge < -0.3 is 14.2 Å². The first-order chi connectivity index (χ1) is 12.4. The largest absolute Gasteiger partial charge is 0.493 e. The monoisotopic (exact) mass is 379 g/mol. The fourth-order valence-electron chi connectivity index (χ4n) is 2.10. The maximum absolute atomic E-state index is 12.1. The molecule has 0 fully saturated rings. The summed E-state index contributed by atoms with van der Waals surface area (Å²) in [5.74, 6) is -0.760. The number of esters is 1. The minimum absolute atomic E-state index is 0.0872. The van der Waals surface area contributed by atoms with Crippen LogP contribution in [0.5, 0.6) is 11.5 Å². The molecule has 0 N–H and O–H groups in total. The Morgan fingerprint density at radius 3 is 2.27 bits per heavy atom. The van der Waals surface area contributed by atoms with E-state index in [-0.39, 0.29) is 33.3 Å². The van der Waals surface area contributed by atoms with Crippen molar-refractivity contribution in [3.8, 4) is 11.5 Å². The zero-order valence-electron chi connectivity index (χ0n) is 13.9. The Balaban J connectivity index is 2.07. The van der Waals surface area contributed by atoms with Crippen LogP contribution >= 0.6 is 11.6 Å². The average molecular weight is 380 g/mol. The van der Waals surface area contributed by atoms with E-state index >= 15 is 0 Å². The third-order valence-electron chi connectivity index (χ3n) is 3.40. The summed E-state index contributed by atoms with van der Waals surface area (Å²) < 4.78 is 15.1. The Hall–Kier alpha value is -3.13. The second-order valence-corrected chi connectivity index (χ2v) is 5.40. The summed E-state index contributed by atoms with van der Waals surface area (Å²) in [4.78, 5) is 34.2. The third-order valence-corrected chi connectivity index (χ3v) is 3.68. The molecule has 136 valence electrons. The fourth-order valence-corrected chi connectivity index (χ4v) is 2.39. The van der Waals surface area contributed by atoms with Crippen LogP contribution in [0.1, 0.15) is 20.7 Å². The van der Waals surface area contributed by atoms with Crippen LogP contribution in [-0.2, 0) is 4.74 Å². The lowest BCUT2D eigenvalue weighted by molar-refractivity contribution is -0.384. The topological polar surface area (TPSA) is 105 Å². The molecule has 2 aromatic rings. The Morgan fingerprint density at radius 2 is 1.73 bits per heavy atom. The molecular formula is C17H14ClNO7. The number of ketones is 1. The maximum Gasteiger partial charge on any atom is 0.338 e. The zero-order valence-corrected chi connectivity index (χ0v) is 14.6. The van der Waals surface area contributed by atoms with Crippen LogP contribution in [0.15, 0.2) is 36.4 Å². The van der Waals surface area contributed by atoms with E-state index in [1.165, 1.54) is 50.6 Å². The van der Waals surface area contributed by atoms with Crippen LogP contribution in [0.25, 0.3) is 0 Å². The molecule has 0 aliphatic heterocycles. The standard InChI is InChI=1S/C17H14ClNO7/c1-24-15-8-11(7-13(18)16(15)25-2)17(21)26-9-14(20)10-3-5-12(6-4-10)19(22)23/h3-8H,9H2,1-2H3. The van der Waals surface area contributed by atoms with Gasteiger partial charge in [-0.2, -0.15) is 0 Å². The van der Waals surface area contributed by atoms with E-state index in [0.29, 0.717) is 0 Å².